The van der Waals surface area contributed by atoms with E-state index in [9.17, 15) is 9.59 Å². The van der Waals surface area contributed by atoms with E-state index in [-0.39, 0.29) is 31.3 Å². The predicted molar refractivity (Wildman–Crippen MR) is 164 cm³/mol. The first-order valence-corrected chi connectivity index (χ1v) is 14.4. The molecule has 0 saturated carbocycles. The third kappa shape index (κ3) is 7.54. The Morgan fingerprint density at radius 3 is 2.02 bits per heavy atom. The molecule has 0 spiro atoms. The number of nitrogens with zero attached hydrogens (tertiary/aromatic N) is 1. The van der Waals surface area contributed by atoms with Crippen molar-refractivity contribution in [1.82, 2.24) is 10.2 Å². The lowest BCUT2D eigenvalue weighted by Gasteiger charge is -2.31. The first-order valence-electron chi connectivity index (χ1n) is 13.1. The molecular formula is C32H33ClN2O6S. The second-order valence-corrected chi connectivity index (χ2v) is 10.7. The average molecular weight is 609 g/mol. The van der Waals surface area contributed by atoms with Crippen molar-refractivity contribution in [3.63, 3.8) is 0 Å². The highest BCUT2D eigenvalue weighted by molar-refractivity contribution is 7.10. The molecule has 1 N–H and O–H groups in total. The summed E-state index contributed by atoms with van der Waals surface area (Å²) in [4.78, 5) is 30.3. The number of hydrogen-bond acceptors (Lipinski definition) is 7. The van der Waals surface area contributed by atoms with Gasteiger partial charge < -0.3 is 29.2 Å². The monoisotopic (exact) mass is 608 g/mol. The molecule has 1 atom stereocenters. The van der Waals surface area contributed by atoms with E-state index in [1.54, 1.807) is 69.7 Å². The zero-order chi connectivity index (χ0) is 30.1. The fraction of sp³-hybridized carbons (Fsp3) is 0.250. The van der Waals surface area contributed by atoms with Gasteiger partial charge >= 0.3 is 0 Å². The maximum Gasteiger partial charge on any atom is 0.248 e. The number of rotatable bonds is 13. The number of thiophene rings is 1. The second-order valence-electron chi connectivity index (χ2n) is 9.32. The molecule has 4 aromatic rings. The number of carbonyl (C=O) groups excluding carboxylic acids is 2. The average Bonchev–Trinajstić information content (AvgIpc) is 3.55. The van der Waals surface area contributed by atoms with Crippen LogP contribution in [0.25, 0.3) is 0 Å². The van der Waals surface area contributed by atoms with Crippen LogP contribution in [-0.4, -0.2) is 45.2 Å². The summed E-state index contributed by atoms with van der Waals surface area (Å²) in [5.74, 6) is 1.84. The fourth-order valence-corrected chi connectivity index (χ4v) is 5.48. The third-order valence-electron chi connectivity index (χ3n) is 6.74. The number of benzene rings is 3. The van der Waals surface area contributed by atoms with Crippen LogP contribution >= 0.6 is 22.9 Å². The Morgan fingerprint density at radius 2 is 1.45 bits per heavy atom. The van der Waals surface area contributed by atoms with Gasteiger partial charge in [0.1, 0.15) is 29.0 Å². The van der Waals surface area contributed by atoms with Crippen LogP contribution in [0.1, 0.15) is 27.6 Å². The van der Waals surface area contributed by atoms with E-state index in [2.05, 4.69) is 5.32 Å². The van der Waals surface area contributed by atoms with Crippen molar-refractivity contribution >= 4 is 34.8 Å². The Morgan fingerprint density at radius 1 is 0.833 bits per heavy atom. The van der Waals surface area contributed by atoms with Crippen LogP contribution in [0.3, 0.4) is 0 Å². The van der Waals surface area contributed by atoms with E-state index in [0.717, 1.165) is 21.6 Å². The van der Waals surface area contributed by atoms with E-state index in [1.165, 1.54) is 11.3 Å². The Labute approximate surface area is 254 Å². The molecular weight excluding hydrogens is 576 g/mol. The molecule has 0 aliphatic rings. The number of amides is 2. The SMILES string of the molecule is COc1ccc(CNC(=O)C(c2cccs2)N(Cc2ccc(OC)cc2OC)C(=O)Cc2ccc(Cl)cc2)c(OC)c1. The lowest BCUT2D eigenvalue weighted by Crippen LogP contribution is -2.43. The normalized spacial score (nSPS) is 11.4. The molecule has 8 nitrogen and oxygen atoms in total. The highest BCUT2D eigenvalue weighted by Gasteiger charge is 2.33. The van der Waals surface area contributed by atoms with Crippen molar-refractivity contribution in [3.8, 4) is 23.0 Å². The van der Waals surface area contributed by atoms with Crippen molar-refractivity contribution in [1.29, 1.82) is 0 Å². The van der Waals surface area contributed by atoms with E-state index in [0.29, 0.717) is 28.0 Å². The van der Waals surface area contributed by atoms with Crippen molar-refractivity contribution in [2.75, 3.05) is 28.4 Å². The minimum atomic E-state index is -0.902. The summed E-state index contributed by atoms with van der Waals surface area (Å²) >= 11 is 7.48. The van der Waals surface area contributed by atoms with Crippen LogP contribution in [0.15, 0.2) is 78.2 Å². The van der Waals surface area contributed by atoms with Crippen molar-refractivity contribution in [3.05, 3.63) is 105 Å². The lowest BCUT2D eigenvalue weighted by molar-refractivity contribution is -0.141. The summed E-state index contributed by atoms with van der Waals surface area (Å²) in [6.45, 7) is 0.320. The molecule has 10 heteroatoms. The van der Waals surface area contributed by atoms with Crippen molar-refractivity contribution in [2.45, 2.75) is 25.6 Å². The number of ether oxygens (including phenoxy) is 4. The zero-order valence-electron chi connectivity index (χ0n) is 23.9. The van der Waals surface area contributed by atoms with Gasteiger partial charge in [-0.2, -0.15) is 0 Å². The van der Waals surface area contributed by atoms with E-state index >= 15 is 0 Å². The Balaban J connectivity index is 1.69. The van der Waals surface area contributed by atoms with Gasteiger partial charge in [-0.15, -0.1) is 11.3 Å². The molecule has 1 heterocycles. The maximum atomic E-state index is 14.0. The van der Waals surface area contributed by atoms with Gasteiger partial charge in [0, 0.05) is 39.7 Å². The quantitative estimate of drug-likeness (QED) is 0.198. The molecule has 0 aliphatic carbocycles. The molecule has 42 heavy (non-hydrogen) atoms. The summed E-state index contributed by atoms with van der Waals surface area (Å²) in [5.41, 5.74) is 2.28. The lowest BCUT2D eigenvalue weighted by atomic mass is 10.1. The van der Waals surface area contributed by atoms with E-state index in [4.69, 9.17) is 30.5 Å². The van der Waals surface area contributed by atoms with Crippen LogP contribution in [0.5, 0.6) is 23.0 Å². The van der Waals surface area contributed by atoms with E-state index in [1.807, 2.05) is 41.8 Å². The molecule has 4 rings (SSSR count). The van der Waals surface area contributed by atoms with Crippen LogP contribution in [0.4, 0.5) is 0 Å². The number of carbonyl (C=O) groups is 2. The van der Waals surface area contributed by atoms with Gasteiger partial charge in [-0.1, -0.05) is 29.8 Å². The molecule has 1 aromatic heterocycles. The number of methoxy groups -OCH3 is 4. The zero-order valence-corrected chi connectivity index (χ0v) is 25.5. The van der Waals surface area contributed by atoms with Crippen LogP contribution < -0.4 is 24.3 Å². The van der Waals surface area contributed by atoms with Gasteiger partial charge in [0.15, 0.2) is 0 Å². The Kier molecular flexibility index (Phi) is 10.7. The Bertz CT molecular complexity index is 1490. The topological polar surface area (TPSA) is 86.3 Å². The fourth-order valence-electron chi connectivity index (χ4n) is 4.52. The van der Waals surface area contributed by atoms with Crippen LogP contribution in [0, 0.1) is 0 Å². The largest absolute Gasteiger partial charge is 0.497 e. The van der Waals surface area contributed by atoms with Gasteiger partial charge in [-0.05, 0) is 53.4 Å². The molecule has 0 fully saturated rings. The molecule has 0 aliphatic heterocycles. The second kappa shape index (κ2) is 14.6. The molecule has 0 bridgehead atoms. The minimum Gasteiger partial charge on any atom is -0.497 e. The third-order valence-corrected chi connectivity index (χ3v) is 7.92. The number of nitrogens with one attached hydrogen (secondary N) is 1. The molecule has 220 valence electrons. The number of hydrogen-bond donors (Lipinski definition) is 1. The predicted octanol–water partition coefficient (Wildman–Crippen LogP) is 6.06. The van der Waals surface area contributed by atoms with Crippen molar-refractivity contribution < 1.29 is 28.5 Å². The molecule has 3 aromatic carbocycles. The minimum absolute atomic E-state index is 0.0805. The Hall–Kier alpha value is -4.21. The van der Waals surface area contributed by atoms with Gasteiger partial charge in [0.2, 0.25) is 11.8 Å². The van der Waals surface area contributed by atoms with Gasteiger partial charge in [-0.3, -0.25) is 9.59 Å². The standard InChI is InChI=1S/C32H33ClN2O6S/c1-38-25-13-9-22(27(17-25)40-3)19-34-32(37)31(29-6-5-15-42-29)35(30(36)16-21-7-11-24(33)12-8-21)20-23-10-14-26(39-2)18-28(23)41-4/h5-15,17-18,31H,16,19-20H2,1-4H3,(H,34,37). The first-order chi connectivity index (χ1) is 20.4. The highest BCUT2D eigenvalue weighted by atomic mass is 35.5. The van der Waals surface area contributed by atoms with Gasteiger partial charge in [0.05, 0.1) is 41.4 Å². The molecule has 0 radical (unpaired) electrons. The number of halogens is 1. The highest BCUT2D eigenvalue weighted by Crippen LogP contribution is 2.32. The van der Waals surface area contributed by atoms with Crippen LogP contribution in [0.2, 0.25) is 5.02 Å². The van der Waals surface area contributed by atoms with Gasteiger partial charge in [-0.25, -0.2) is 0 Å². The summed E-state index contributed by atoms with van der Waals surface area (Å²) in [5, 5.41) is 5.49. The summed E-state index contributed by atoms with van der Waals surface area (Å²) in [7, 11) is 6.28. The molecule has 2 amide bonds. The molecule has 0 saturated heterocycles. The van der Waals surface area contributed by atoms with Gasteiger partial charge in [0.25, 0.3) is 0 Å². The molecule has 1 unspecified atom stereocenters. The van der Waals surface area contributed by atoms with Crippen molar-refractivity contribution in [2.24, 2.45) is 0 Å². The summed E-state index contributed by atoms with van der Waals surface area (Å²) in [6.07, 6.45) is 0.0805. The van der Waals surface area contributed by atoms with Crippen LogP contribution in [-0.2, 0) is 29.1 Å². The maximum absolute atomic E-state index is 14.0. The van der Waals surface area contributed by atoms with E-state index < -0.39 is 6.04 Å². The summed E-state index contributed by atoms with van der Waals surface area (Å²) < 4.78 is 21.8. The summed E-state index contributed by atoms with van der Waals surface area (Å²) in [6, 6.07) is 20.7. The smallest absolute Gasteiger partial charge is 0.248 e. The first kappa shape index (κ1) is 30.7.